The lowest BCUT2D eigenvalue weighted by molar-refractivity contribution is 0.274. The summed E-state index contributed by atoms with van der Waals surface area (Å²) in [5.41, 5.74) is 9.59. The van der Waals surface area contributed by atoms with Gasteiger partial charge in [0.15, 0.2) is 0 Å². The molecule has 0 saturated heterocycles. The summed E-state index contributed by atoms with van der Waals surface area (Å²) in [6, 6.07) is 0. The molecule has 2 unspecified atom stereocenters. The average molecular weight is 238 g/mol. The smallest absolute Gasteiger partial charge is 0.0797 e. The van der Waals surface area contributed by atoms with Gasteiger partial charge in [-0.25, -0.2) is 4.98 Å². The summed E-state index contributed by atoms with van der Waals surface area (Å²) in [6.45, 7) is 5.32. The maximum Gasteiger partial charge on any atom is 0.0797 e. The van der Waals surface area contributed by atoms with Crippen LogP contribution in [0.15, 0.2) is 5.51 Å². The molecule has 0 amide bonds. The molecule has 2 rings (SSSR count). The van der Waals surface area contributed by atoms with Crippen molar-refractivity contribution in [1.82, 2.24) is 4.98 Å². The number of aromatic nitrogens is 1. The normalized spacial score (nSPS) is 29.8. The van der Waals surface area contributed by atoms with E-state index < -0.39 is 0 Å². The zero-order valence-corrected chi connectivity index (χ0v) is 11.1. The fourth-order valence-corrected chi connectivity index (χ4v) is 3.74. The zero-order valence-electron chi connectivity index (χ0n) is 10.3. The third-order valence-electron chi connectivity index (χ3n) is 4.11. The van der Waals surface area contributed by atoms with Crippen LogP contribution in [-0.4, -0.2) is 11.5 Å². The highest BCUT2D eigenvalue weighted by Crippen LogP contribution is 2.44. The maximum absolute atomic E-state index is 6.00. The van der Waals surface area contributed by atoms with Crippen LogP contribution < -0.4 is 5.73 Å². The number of thiazole rings is 1. The summed E-state index contributed by atoms with van der Waals surface area (Å²) in [5.74, 6) is 0.867. The van der Waals surface area contributed by atoms with E-state index in [0.717, 1.165) is 12.5 Å². The number of rotatable bonds is 4. The molecule has 1 aromatic rings. The summed E-state index contributed by atoms with van der Waals surface area (Å²) in [4.78, 5) is 5.76. The van der Waals surface area contributed by atoms with Gasteiger partial charge in [0.1, 0.15) is 0 Å². The molecule has 16 heavy (non-hydrogen) atoms. The van der Waals surface area contributed by atoms with E-state index in [9.17, 15) is 0 Å². The number of hydrogen-bond donors (Lipinski definition) is 1. The third kappa shape index (κ3) is 2.46. The van der Waals surface area contributed by atoms with Gasteiger partial charge in [-0.2, -0.15) is 0 Å². The van der Waals surface area contributed by atoms with Gasteiger partial charge in [-0.05, 0) is 50.5 Å². The Morgan fingerprint density at radius 3 is 2.94 bits per heavy atom. The Morgan fingerprint density at radius 2 is 2.44 bits per heavy atom. The number of nitrogens with zero attached hydrogens (tertiary/aromatic N) is 1. The third-order valence-corrected chi connectivity index (χ3v) is 5.10. The quantitative estimate of drug-likeness (QED) is 0.875. The first kappa shape index (κ1) is 12.1. The highest BCUT2D eigenvalue weighted by atomic mass is 32.1. The minimum atomic E-state index is 0.426. The molecule has 1 saturated carbocycles. The minimum Gasteiger partial charge on any atom is -0.330 e. The molecule has 1 aliphatic rings. The summed E-state index contributed by atoms with van der Waals surface area (Å²) < 4.78 is 0. The molecule has 1 fully saturated rings. The maximum atomic E-state index is 6.00. The fraction of sp³-hybridized carbons (Fsp3) is 0.769. The van der Waals surface area contributed by atoms with Crippen molar-refractivity contribution in [3.05, 3.63) is 16.1 Å². The molecule has 2 N–H and O–H groups in total. The Kier molecular flexibility index (Phi) is 3.65. The number of hydrogen-bond acceptors (Lipinski definition) is 3. The van der Waals surface area contributed by atoms with Crippen LogP contribution in [0.1, 0.15) is 43.2 Å². The van der Waals surface area contributed by atoms with Gasteiger partial charge >= 0.3 is 0 Å². The van der Waals surface area contributed by atoms with Gasteiger partial charge in [-0.1, -0.05) is 13.3 Å². The standard InChI is InChI=1S/C13H22N2S/c1-10-3-5-13(7-10,8-14)6-4-12-11(2)15-9-16-12/h9-10H,3-8,14H2,1-2H3. The van der Waals surface area contributed by atoms with Crippen LogP contribution in [0.2, 0.25) is 0 Å². The fourth-order valence-electron chi connectivity index (χ4n) is 2.96. The molecular weight excluding hydrogens is 216 g/mol. The van der Waals surface area contributed by atoms with E-state index in [1.54, 1.807) is 11.3 Å². The molecule has 90 valence electrons. The van der Waals surface area contributed by atoms with E-state index in [1.807, 2.05) is 5.51 Å². The van der Waals surface area contributed by atoms with Crippen LogP contribution in [0.3, 0.4) is 0 Å². The molecule has 0 aromatic carbocycles. The Bertz CT molecular complexity index is 347. The van der Waals surface area contributed by atoms with Crippen molar-refractivity contribution in [3.63, 3.8) is 0 Å². The van der Waals surface area contributed by atoms with E-state index in [2.05, 4.69) is 18.8 Å². The monoisotopic (exact) mass is 238 g/mol. The molecule has 0 radical (unpaired) electrons. The van der Waals surface area contributed by atoms with Crippen molar-refractivity contribution in [2.75, 3.05) is 6.54 Å². The molecule has 0 spiro atoms. The summed E-state index contributed by atoms with van der Waals surface area (Å²) >= 11 is 1.79. The van der Waals surface area contributed by atoms with Crippen molar-refractivity contribution in [2.24, 2.45) is 17.1 Å². The van der Waals surface area contributed by atoms with Crippen molar-refractivity contribution < 1.29 is 0 Å². The van der Waals surface area contributed by atoms with Crippen molar-refractivity contribution in [3.8, 4) is 0 Å². The SMILES string of the molecule is Cc1ncsc1CCC1(CN)CCC(C)C1. The molecule has 1 aromatic heterocycles. The lowest BCUT2D eigenvalue weighted by Crippen LogP contribution is -2.28. The first-order valence-electron chi connectivity index (χ1n) is 6.24. The van der Waals surface area contributed by atoms with Crippen LogP contribution in [0.5, 0.6) is 0 Å². The molecule has 2 atom stereocenters. The van der Waals surface area contributed by atoms with Crippen molar-refractivity contribution >= 4 is 11.3 Å². The summed E-state index contributed by atoms with van der Waals surface area (Å²) in [5, 5.41) is 0. The van der Waals surface area contributed by atoms with Crippen LogP contribution in [-0.2, 0) is 6.42 Å². The molecule has 1 aliphatic carbocycles. The average Bonchev–Trinajstić information content (AvgIpc) is 2.83. The van der Waals surface area contributed by atoms with E-state index in [-0.39, 0.29) is 0 Å². The first-order valence-corrected chi connectivity index (χ1v) is 7.12. The predicted octanol–water partition coefficient (Wildman–Crippen LogP) is 3.15. The lowest BCUT2D eigenvalue weighted by Gasteiger charge is -2.27. The van der Waals surface area contributed by atoms with Gasteiger partial charge in [-0.3, -0.25) is 0 Å². The molecule has 1 heterocycles. The van der Waals surface area contributed by atoms with Crippen LogP contribution in [0.25, 0.3) is 0 Å². The molecule has 0 aliphatic heterocycles. The van der Waals surface area contributed by atoms with Gasteiger partial charge in [0.05, 0.1) is 11.2 Å². The zero-order chi connectivity index (χ0) is 11.6. The summed E-state index contributed by atoms with van der Waals surface area (Å²) in [7, 11) is 0. The minimum absolute atomic E-state index is 0.426. The first-order chi connectivity index (χ1) is 7.65. The van der Waals surface area contributed by atoms with Gasteiger partial charge in [0, 0.05) is 4.88 Å². The van der Waals surface area contributed by atoms with Gasteiger partial charge in [0.2, 0.25) is 0 Å². The molecular formula is C13H22N2S. The van der Waals surface area contributed by atoms with E-state index >= 15 is 0 Å². The van der Waals surface area contributed by atoms with E-state index in [4.69, 9.17) is 5.73 Å². The Balaban J connectivity index is 1.96. The van der Waals surface area contributed by atoms with Crippen LogP contribution >= 0.6 is 11.3 Å². The Hall–Kier alpha value is -0.410. The van der Waals surface area contributed by atoms with Gasteiger partial charge in [0.25, 0.3) is 0 Å². The second-order valence-corrected chi connectivity index (χ2v) is 6.35. The van der Waals surface area contributed by atoms with Gasteiger partial charge in [-0.15, -0.1) is 11.3 Å². The Morgan fingerprint density at radius 1 is 1.62 bits per heavy atom. The molecule has 0 bridgehead atoms. The van der Waals surface area contributed by atoms with Crippen molar-refractivity contribution in [1.29, 1.82) is 0 Å². The predicted molar refractivity (Wildman–Crippen MR) is 69.7 cm³/mol. The van der Waals surface area contributed by atoms with E-state index in [1.165, 1.54) is 42.7 Å². The van der Waals surface area contributed by atoms with Crippen LogP contribution in [0, 0.1) is 18.3 Å². The second-order valence-electron chi connectivity index (χ2n) is 5.41. The summed E-state index contributed by atoms with van der Waals surface area (Å²) in [6.07, 6.45) is 6.42. The van der Waals surface area contributed by atoms with Gasteiger partial charge < -0.3 is 5.73 Å². The number of nitrogens with two attached hydrogens (primary N) is 1. The van der Waals surface area contributed by atoms with E-state index in [0.29, 0.717) is 5.41 Å². The molecule has 2 nitrogen and oxygen atoms in total. The highest BCUT2D eigenvalue weighted by Gasteiger charge is 2.35. The van der Waals surface area contributed by atoms with Crippen LogP contribution in [0.4, 0.5) is 0 Å². The largest absolute Gasteiger partial charge is 0.330 e. The second kappa shape index (κ2) is 4.84. The molecule has 3 heteroatoms. The topological polar surface area (TPSA) is 38.9 Å². The Labute approximate surface area is 102 Å². The number of aryl methyl sites for hydroxylation is 2. The lowest BCUT2D eigenvalue weighted by atomic mass is 9.80. The highest BCUT2D eigenvalue weighted by molar-refractivity contribution is 7.09. The van der Waals surface area contributed by atoms with Crippen molar-refractivity contribution in [2.45, 2.75) is 46.0 Å².